The zero-order chi connectivity index (χ0) is 16.5. The molecule has 1 saturated heterocycles. The number of halogens is 1. The van der Waals surface area contributed by atoms with Crippen LogP contribution in [0.3, 0.4) is 0 Å². The van der Waals surface area contributed by atoms with Crippen LogP contribution in [0.5, 0.6) is 0 Å². The molecule has 0 amide bonds. The molecule has 2 aromatic rings. The Hall–Kier alpha value is -1.43. The predicted octanol–water partition coefficient (Wildman–Crippen LogP) is 3.23. The lowest BCUT2D eigenvalue weighted by atomic mass is 10.1. The largest absolute Gasteiger partial charge is 0.371 e. The molecule has 5 nitrogen and oxygen atoms in total. The van der Waals surface area contributed by atoms with Crippen molar-refractivity contribution in [3.63, 3.8) is 0 Å². The molecule has 128 valence electrons. The molecule has 3 heterocycles. The summed E-state index contributed by atoms with van der Waals surface area (Å²) in [4.78, 5) is 2.45. The fourth-order valence-corrected chi connectivity index (χ4v) is 3.80. The number of aryl methyl sites for hydroxylation is 1. The monoisotopic (exact) mass is 346 g/mol. The van der Waals surface area contributed by atoms with E-state index in [0.29, 0.717) is 6.04 Å². The number of nitrogens with zero attached hydrogens (tertiary/aromatic N) is 4. The number of fused-ring (bicyclic) bond motifs is 1. The van der Waals surface area contributed by atoms with Crippen LogP contribution in [0.25, 0.3) is 0 Å². The highest BCUT2D eigenvalue weighted by Gasteiger charge is 2.29. The first-order valence-electron chi connectivity index (χ1n) is 8.73. The molecule has 0 saturated carbocycles. The number of morpholine rings is 1. The van der Waals surface area contributed by atoms with Crippen molar-refractivity contribution in [2.24, 2.45) is 0 Å². The summed E-state index contributed by atoms with van der Waals surface area (Å²) >= 11 is 6.13. The Labute approximate surface area is 147 Å². The second-order valence-electron chi connectivity index (χ2n) is 6.80. The molecule has 0 aliphatic carbocycles. The van der Waals surface area contributed by atoms with Gasteiger partial charge in [0.05, 0.1) is 19.3 Å². The lowest BCUT2D eigenvalue weighted by Gasteiger charge is -2.38. The summed E-state index contributed by atoms with van der Waals surface area (Å²) in [5, 5.41) is 9.58. The first-order valence-corrected chi connectivity index (χ1v) is 9.10. The van der Waals surface area contributed by atoms with Gasteiger partial charge in [-0.15, -0.1) is 10.2 Å². The number of aromatic nitrogens is 3. The summed E-state index contributed by atoms with van der Waals surface area (Å²) in [6.07, 6.45) is 3.56. The zero-order valence-electron chi connectivity index (χ0n) is 14.0. The van der Waals surface area contributed by atoms with Crippen molar-refractivity contribution in [2.75, 3.05) is 13.2 Å². The Morgan fingerprint density at radius 2 is 2.21 bits per heavy atom. The second kappa shape index (κ2) is 6.82. The molecular weight excluding hydrogens is 324 g/mol. The number of hydrogen-bond acceptors (Lipinski definition) is 4. The molecule has 0 spiro atoms. The topological polar surface area (TPSA) is 43.2 Å². The summed E-state index contributed by atoms with van der Waals surface area (Å²) < 4.78 is 8.36. The van der Waals surface area contributed by atoms with E-state index in [0.717, 1.165) is 54.9 Å². The number of rotatable bonds is 3. The molecular formula is C18H23ClN4O. The summed E-state index contributed by atoms with van der Waals surface area (Å²) in [7, 11) is 0. The summed E-state index contributed by atoms with van der Waals surface area (Å²) in [6, 6.07) is 8.34. The molecule has 2 aliphatic rings. The first kappa shape index (κ1) is 16.1. The minimum atomic E-state index is 0.0589. The van der Waals surface area contributed by atoms with Gasteiger partial charge in [0, 0.05) is 30.6 Å². The van der Waals surface area contributed by atoms with Crippen molar-refractivity contribution in [1.82, 2.24) is 19.7 Å². The normalized spacial score (nSPS) is 24.8. The quantitative estimate of drug-likeness (QED) is 0.855. The van der Waals surface area contributed by atoms with Gasteiger partial charge in [0.2, 0.25) is 0 Å². The van der Waals surface area contributed by atoms with Gasteiger partial charge in [-0.1, -0.05) is 23.7 Å². The summed E-state index contributed by atoms with van der Waals surface area (Å²) in [5.74, 6) is 2.23. The Kier molecular flexibility index (Phi) is 4.57. The van der Waals surface area contributed by atoms with Gasteiger partial charge in [0.1, 0.15) is 11.6 Å². The average Bonchev–Trinajstić information content (AvgIpc) is 3.00. The van der Waals surface area contributed by atoms with Gasteiger partial charge < -0.3 is 9.30 Å². The van der Waals surface area contributed by atoms with Gasteiger partial charge in [0.15, 0.2) is 0 Å². The van der Waals surface area contributed by atoms with Crippen LogP contribution >= 0.6 is 11.6 Å². The lowest BCUT2D eigenvalue weighted by Crippen LogP contribution is -2.45. The number of benzene rings is 1. The molecule has 24 heavy (non-hydrogen) atoms. The van der Waals surface area contributed by atoms with Crippen molar-refractivity contribution in [2.45, 2.75) is 51.4 Å². The third-order valence-corrected chi connectivity index (χ3v) is 5.30. The van der Waals surface area contributed by atoms with E-state index in [9.17, 15) is 0 Å². The van der Waals surface area contributed by atoms with E-state index in [4.69, 9.17) is 16.3 Å². The van der Waals surface area contributed by atoms with Crippen molar-refractivity contribution >= 4 is 11.6 Å². The third-order valence-electron chi connectivity index (χ3n) is 5.06. The molecule has 1 aromatic carbocycles. The molecule has 1 fully saturated rings. The van der Waals surface area contributed by atoms with Crippen LogP contribution in [0.4, 0.5) is 0 Å². The smallest absolute Gasteiger partial charge is 0.147 e. The standard InChI is InChI=1S/C18H23ClN4O/c1-13-12-24-16(14-5-4-6-15(19)9-14)10-22(13)11-18-21-20-17-7-2-3-8-23(17)18/h4-6,9,13,16H,2-3,7-8,10-12H2,1H3/t13-,16-/m1/s1. The van der Waals surface area contributed by atoms with Crippen LogP contribution in [0, 0.1) is 0 Å². The van der Waals surface area contributed by atoms with E-state index < -0.39 is 0 Å². The van der Waals surface area contributed by atoms with E-state index in [1.54, 1.807) is 0 Å². The maximum absolute atomic E-state index is 6.13. The molecule has 2 aliphatic heterocycles. The molecule has 1 aromatic heterocycles. The highest BCUT2D eigenvalue weighted by molar-refractivity contribution is 6.30. The van der Waals surface area contributed by atoms with Gasteiger partial charge >= 0.3 is 0 Å². The fraction of sp³-hybridized carbons (Fsp3) is 0.556. The van der Waals surface area contributed by atoms with Gasteiger partial charge in [-0.25, -0.2) is 0 Å². The Balaban J connectivity index is 1.50. The summed E-state index contributed by atoms with van der Waals surface area (Å²) in [6.45, 7) is 5.66. The average molecular weight is 347 g/mol. The Bertz CT molecular complexity index is 717. The highest BCUT2D eigenvalue weighted by Crippen LogP contribution is 2.28. The lowest BCUT2D eigenvalue weighted by molar-refractivity contribution is -0.0644. The van der Waals surface area contributed by atoms with E-state index in [2.05, 4.69) is 32.7 Å². The third kappa shape index (κ3) is 3.21. The highest BCUT2D eigenvalue weighted by atomic mass is 35.5. The fourth-order valence-electron chi connectivity index (χ4n) is 3.60. The van der Waals surface area contributed by atoms with Crippen molar-refractivity contribution in [3.8, 4) is 0 Å². The maximum atomic E-state index is 6.13. The van der Waals surface area contributed by atoms with Gasteiger partial charge in [-0.3, -0.25) is 4.90 Å². The van der Waals surface area contributed by atoms with Crippen molar-refractivity contribution in [3.05, 3.63) is 46.5 Å². The molecule has 2 atom stereocenters. The number of hydrogen-bond donors (Lipinski definition) is 0. The predicted molar refractivity (Wildman–Crippen MR) is 93.0 cm³/mol. The van der Waals surface area contributed by atoms with E-state index in [-0.39, 0.29) is 6.10 Å². The van der Waals surface area contributed by atoms with Crippen LogP contribution in [-0.2, 0) is 24.2 Å². The van der Waals surface area contributed by atoms with Crippen molar-refractivity contribution in [1.29, 1.82) is 0 Å². The molecule has 6 heteroatoms. The van der Waals surface area contributed by atoms with Gasteiger partial charge in [-0.05, 0) is 37.5 Å². The van der Waals surface area contributed by atoms with Crippen LogP contribution in [0.1, 0.15) is 43.1 Å². The van der Waals surface area contributed by atoms with Crippen LogP contribution in [0.15, 0.2) is 24.3 Å². The van der Waals surface area contributed by atoms with E-state index >= 15 is 0 Å². The molecule has 4 rings (SSSR count). The van der Waals surface area contributed by atoms with Gasteiger partial charge in [-0.2, -0.15) is 0 Å². The Morgan fingerprint density at radius 3 is 3.08 bits per heavy atom. The van der Waals surface area contributed by atoms with Gasteiger partial charge in [0.25, 0.3) is 0 Å². The molecule has 0 N–H and O–H groups in total. The SMILES string of the molecule is C[C@@H]1CO[C@@H](c2cccc(Cl)c2)CN1Cc1nnc2n1CCCC2. The zero-order valence-corrected chi connectivity index (χ0v) is 14.7. The molecule has 0 radical (unpaired) electrons. The minimum absolute atomic E-state index is 0.0589. The minimum Gasteiger partial charge on any atom is -0.371 e. The van der Waals surface area contributed by atoms with Crippen LogP contribution in [0.2, 0.25) is 5.02 Å². The Morgan fingerprint density at radius 1 is 1.29 bits per heavy atom. The van der Waals surface area contributed by atoms with E-state index in [1.807, 2.05) is 18.2 Å². The molecule has 0 unspecified atom stereocenters. The van der Waals surface area contributed by atoms with Crippen LogP contribution < -0.4 is 0 Å². The summed E-state index contributed by atoms with van der Waals surface area (Å²) in [5.41, 5.74) is 1.14. The van der Waals surface area contributed by atoms with Crippen molar-refractivity contribution < 1.29 is 4.74 Å². The van der Waals surface area contributed by atoms with E-state index in [1.165, 1.54) is 12.8 Å². The number of ether oxygens (including phenoxy) is 1. The molecule has 0 bridgehead atoms. The second-order valence-corrected chi connectivity index (χ2v) is 7.23. The van der Waals surface area contributed by atoms with Crippen LogP contribution in [-0.4, -0.2) is 38.9 Å². The maximum Gasteiger partial charge on any atom is 0.147 e. The first-order chi connectivity index (χ1) is 11.7.